The van der Waals surface area contributed by atoms with Gasteiger partial charge in [0.25, 0.3) is 5.56 Å². The van der Waals surface area contributed by atoms with Gasteiger partial charge in [0.05, 0.1) is 23.6 Å². The first-order valence-corrected chi connectivity index (χ1v) is 10.4. The molecule has 0 aromatic carbocycles. The van der Waals surface area contributed by atoms with Crippen LogP contribution in [-0.2, 0) is 10.9 Å². The normalized spacial score (nSPS) is 20.1. The highest BCUT2D eigenvalue weighted by Crippen LogP contribution is 2.33. The summed E-state index contributed by atoms with van der Waals surface area (Å²) >= 11 is 6.45. The van der Waals surface area contributed by atoms with E-state index in [1.807, 2.05) is 0 Å². The van der Waals surface area contributed by atoms with Crippen molar-refractivity contribution in [2.75, 3.05) is 18.1 Å². The molecule has 4 rings (SSSR count). The van der Waals surface area contributed by atoms with Gasteiger partial charge in [0.15, 0.2) is 5.82 Å². The van der Waals surface area contributed by atoms with Crippen molar-refractivity contribution in [2.45, 2.75) is 56.8 Å². The highest BCUT2D eigenvalue weighted by Gasteiger charge is 2.32. The van der Waals surface area contributed by atoms with E-state index in [9.17, 15) is 18.0 Å². The highest BCUT2D eigenvalue weighted by molar-refractivity contribution is 6.33. The van der Waals surface area contributed by atoms with Crippen LogP contribution in [0, 0.1) is 0 Å². The maximum atomic E-state index is 12.9. The molecule has 0 spiro atoms. The molecule has 3 heterocycles. The number of rotatable bonds is 5. The van der Waals surface area contributed by atoms with Crippen molar-refractivity contribution in [1.29, 1.82) is 0 Å². The quantitative estimate of drug-likeness (QED) is 0.693. The molecule has 0 amide bonds. The van der Waals surface area contributed by atoms with Crippen LogP contribution in [0.1, 0.15) is 44.1 Å². The first-order valence-electron chi connectivity index (χ1n) is 10.0. The van der Waals surface area contributed by atoms with Crippen LogP contribution in [0.2, 0.25) is 5.02 Å². The van der Waals surface area contributed by atoms with Crippen LogP contribution in [0.5, 0.6) is 0 Å². The van der Waals surface area contributed by atoms with Crippen LogP contribution in [0.15, 0.2) is 29.3 Å². The molecule has 1 saturated carbocycles. The molecule has 30 heavy (non-hydrogen) atoms. The Bertz CT molecular complexity index is 937. The summed E-state index contributed by atoms with van der Waals surface area (Å²) in [4.78, 5) is 18.7. The molecule has 2 aliphatic rings. The molecule has 6 nitrogen and oxygen atoms in total. The second-order valence-electron chi connectivity index (χ2n) is 7.69. The third-order valence-electron chi connectivity index (χ3n) is 5.69. The smallest absolute Gasteiger partial charge is 0.376 e. The number of nitrogens with zero attached hydrogens (tertiary/aromatic N) is 4. The summed E-state index contributed by atoms with van der Waals surface area (Å²) in [5.41, 5.74) is -0.977. The van der Waals surface area contributed by atoms with Crippen molar-refractivity contribution >= 4 is 17.3 Å². The highest BCUT2D eigenvalue weighted by atomic mass is 35.5. The van der Waals surface area contributed by atoms with Crippen LogP contribution in [-0.4, -0.2) is 40.1 Å². The van der Waals surface area contributed by atoms with Gasteiger partial charge < -0.3 is 9.64 Å². The number of alkyl halides is 3. The maximum Gasteiger partial charge on any atom is 0.417 e. The summed E-state index contributed by atoms with van der Waals surface area (Å²) < 4.78 is 45.0. The van der Waals surface area contributed by atoms with Gasteiger partial charge in [-0.15, -0.1) is 0 Å². The Morgan fingerprint density at radius 3 is 2.53 bits per heavy atom. The zero-order valence-electron chi connectivity index (χ0n) is 16.2. The van der Waals surface area contributed by atoms with Gasteiger partial charge >= 0.3 is 6.18 Å². The van der Waals surface area contributed by atoms with Gasteiger partial charge in [-0.1, -0.05) is 24.4 Å². The molecule has 2 aromatic heterocycles. The summed E-state index contributed by atoms with van der Waals surface area (Å²) in [5.74, 6) is -0.0204. The standard InChI is InChI=1S/C20H22ClF3N4O2/c21-18-16(27(14-4-1-2-5-14)12-15-6-3-9-30-15)11-26-28(19(18)29)17-8-7-13(10-25-17)20(22,23)24/h7-8,10-11,14-15H,1-6,9,12H2/t15-/m0/s1. The number of hydrogen-bond acceptors (Lipinski definition) is 5. The lowest BCUT2D eigenvalue weighted by molar-refractivity contribution is -0.137. The largest absolute Gasteiger partial charge is 0.417 e. The van der Waals surface area contributed by atoms with Crippen molar-refractivity contribution in [2.24, 2.45) is 0 Å². The summed E-state index contributed by atoms with van der Waals surface area (Å²) in [5, 5.41) is 4.14. The molecule has 0 unspecified atom stereocenters. The molecule has 1 atom stereocenters. The van der Waals surface area contributed by atoms with Gasteiger partial charge in [0.1, 0.15) is 5.02 Å². The van der Waals surface area contributed by atoms with Gasteiger partial charge in [-0.2, -0.15) is 23.0 Å². The van der Waals surface area contributed by atoms with Crippen LogP contribution in [0.4, 0.5) is 18.9 Å². The molecule has 2 fully saturated rings. The Kier molecular flexibility index (Phi) is 6.02. The molecular weight excluding hydrogens is 421 g/mol. The van der Waals surface area contributed by atoms with E-state index < -0.39 is 17.3 Å². The lowest BCUT2D eigenvalue weighted by Crippen LogP contribution is -2.40. The van der Waals surface area contributed by atoms with E-state index in [1.54, 1.807) is 0 Å². The lowest BCUT2D eigenvalue weighted by Gasteiger charge is -2.33. The number of pyridine rings is 1. The van der Waals surface area contributed by atoms with Crippen LogP contribution < -0.4 is 10.5 Å². The van der Waals surface area contributed by atoms with Crippen LogP contribution in [0.25, 0.3) is 5.82 Å². The predicted molar refractivity (Wildman–Crippen MR) is 106 cm³/mol. The average Bonchev–Trinajstić information content (AvgIpc) is 3.42. The van der Waals surface area contributed by atoms with Gasteiger partial charge in [0.2, 0.25) is 0 Å². The average molecular weight is 443 g/mol. The molecule has 0 radical (unpaired) electrons. The van der Waals surface area contributed by atoms with Crippen molar-refractivity contribution < 1.29 is 17.9 Å². The van der Waals surface area contributed by atoms with Gasteiger partial charge in [-0.3, -0.25) is 4.79 Å². The monoisotopic (exact) mass is 442 g/mol. The fourth-order valence-corrected chi connectivity index (χ4v) is 4.37. The molecule has 0 N–H and O–H groups in total. The Balaban J connectivity index is 1.65. The second kappa shape index (κ2) is 8.55. The number of hydrogen-bond donors (Lipinski definition) is 0. The van der Waals surface area contributed by atoms with Crippen molar-refractivity contribution in [3.63, 3.8) is 0 Å². The Morgan fingerprint density at radius 2 is 1.93 bits per heavy atom. The van der Waals surface area contributed by atoms with E-state index >= 15 is 0 Å². The summed E-state index contributed by atoms with van der Waals surface area (Å²) in [6.45, 7) is 1.37. The zero-order chi connectivity index (χ0) is 21.3. The topological polar surface area (TPSA) is 60.3 Å². The Hall–Kier alpha value is -2.13. The summed E-state index contributed by atoms with van der Waals surface area (Å²) in [6, 6.07) is 2.22. The van der Waals surface area contributed by atoms with E-state index in [-0.39, 0.29) is 23.0 Å². The summed E-state index contributed by atoms with van der Waals surface area (Å²) in [7, 11) is 0. The van der Waals surface area contributed by atoms with Gasteiger partial charge in [-0.25, -0.2) is 4.98 Å². The molecule has 10 heteroatoms. The van der Waals surface area contributed by atoms with E-state index in [2.05, 4.69) is 15.0 Å². The van der Waals surface area contributed by atoms with Crippen molar-refractivity contribution in [1.82, 2.24) is 14.8 Å². The zero-order valence-corrected chi connectivity index (χ0v) is 17.0. The Labute approximate surface area is 176 Å². The molecule has 1 aliphatic carbocycles. The van der Waals surface area contributed by atoms with E-state index in [4.69, 9.17) is 16.3 Å². The lowest BCUT2D eigenvalue weighted by atomic mass is 10.1. The third kappa shape index (κ3) is 4.32. The van der Waals surface area contributed by atoms with Crippen LogP contribution in [0.3, 0.4) is 0 Å². The van der Waals surface area contributed by atoms with Crippen molar-refractivity contribution in [3.8, 4) is 5.82 Å². The van der Waals surface area contributed by atoms with E-state index in [1.165, 1.54) is 6.20 Å². The fourth-order valence-electron chi connectivity index (χ4n) is 4.13. The van der Waals surface area contributed by atoms with Crippen molar-refractivity contribution in [3.05, 3.63) is 45.5 Å². The third-order valence-corrected chi connectivity index (χ3v) is 6.05. The number of ether oxygens (including phenoxy) is 1. The molecule has 1 saturated heterocycles. The molecular formula is C20H22ClF3N4O2. The fraction of sp³-hybridized carbons (Fsp3) is 0.550. The van der Waals surface area contributed by atoms with E-state index in [0.717, 1.165) is 61.9 Å². The van der Waals surface area contributed by atoms with E-state index in [0.29, 0.717) is 18.4 Å². The number of halogens is 4. The molecule has 2 aromatic rings. The number of anilines is 1. The molecule has 0 bridgehead atoms. The first-order chi connectivity index (χ1) is 14.3. The SMILES string of the molecule is O=c1c(Cl)c(N(C[C@@H]2CCCO2)C2CCCC2)cnn1-c1ccc(C(F)(F)F)cn1. The predicted octanol–water partition coefficient (Wildman–Crippen LogP) is 4.23. The van der Waals surface area contributed by atoms with Crippen LogP contribution >= 0.6 is 11.6 Å². The van der Waals surface area contributed by atoms with Gasteiger partial charge in [0, 0.05) is 25.4 Å². The Morgan fingerprint density at radius 1 is 1.17 bits per heavy atom. The minimum Gasteiger partial charge on any atom is -0.376 e. The molecule has 162 valence electrons. The number of aromatic nitrogens is 3. The first kappa shape index (κ1) is 21.1. The minimum atomic E-state index is -4.50. The van der Waals surface area contributed by atoms with Gasteiger partial charge in [-0.05, 0) is 37.8 Å². The minimum absolute atomic E-state index is 0.0170. The molecule has 1 aliphatic heterocycles. The maximum absolute atomic E-state index is 12.9. The summed E-state index contributed by atoms with van der Waals surface area (Å²) in [6.07, 6.45) is 3.96. The second-order valence-corrected chi connectivity index (χ2v) is 8.07.